The summed E-state index contributed by atoms with van der Waals surface area (Å²) in [6, 6.07) is 7.40. The molecule has 0 saturated heterocycles. The third-order valence-electron chi connectivity index (χ3n) is 1.24. The highest BCUT2D eigenvalue weighted by atomic mass is 15.2. The number of hydrazine groups is 1. The predicted molar refractivity (Wildman–Crippen MR) is 42.2 cm³/mol. The van der Waals surface area contributed by atoms with E-state index in [-0.39, 0.29) is 0 Å². The minimum atomic E-state index is 0.782. The number of rotatable bonds is 1. The van der Waals surface area contributed by atoms with E-state index in [9.17, 15) is 0 Å². The molecule has 1 aromatic carbocycles. The molecule has 0 aliphatic heterocycles. The first-order valence-corrected chi connectivity index (χ1v) is 2.90. The predicted octanol–water partition coefficient (Wildman–Crippen LogP) is 0.954. The molecule has 0 amide bonds. The second-order valence-electron chi connectivity index (χ2n) is 1.83. The lowest BCUT2D eigenvalue weighted by Gasteiger charge is -2.00. The Labute approximate surface area is 60.0 Å². The lowest BCUT2D eigenvalue weighted by atomic mass is 10.2. The molecule has 0 spiro atoms. The average Bonchev–Trinajstić information content (AvgIpc) is 2.04. The maximum absolute atomic E-state index is 5.18. The lowest BCUT2D eigenvalue weighted by molar-refractivity contribution is 1.34. The molecular weight excluding hydrogens is 124 g/mol. The number of hydrogen-bond acceptors (Lipinski definition) is 2. The average molecular weight is 132 g/mol. The monoisotopic (exact) mass is 132 g/mol. The van der Waals surface area contributed by atoms with Gasteiger partial charge in [-0.25, -0.2) is 0 Å². The van der Waals surface area contributed by atoms with Gasteiger partial charge in [0.05, 0.1) is 5.69 Å². The van der Waals surface area contributed by atoms with Crippen molar-refractivity contribution in [1.82, 2.24) is 0 Å². The van der Waals surface area contributed by atoms with Crippen LogP contribution in [-0.4, -0.2) is 0 Å². The minimum Gasteiger partial charge on any atom is -0.323 e. The summed E-state index contributed by atoms with van der Waals surface area (Å²) in [4.78, 5) is 0. The summed E-state index contributed by atoms with van der Waals surface area (Å²) in [5, 5.41) is 0. The van der Waals surface area contributed by atoms with Crippen LogP contribution in [0.3, 0.4) is 0 Å². The molecule has 0 aliphatic rings. The van der Waals surface area contributed by atoms with E-state index < -0.39 is 0 Å². The van der Waals surface area contributed by atoms with Crippen molar-refractivity contribution in [3.05, 3.63) is 29.8 Å². The van der Waals surface area contributed by atoms with Gasteiger partial charge in [0.15, 0.2) is 0 Å². The number of hydrogen-bond donors (Lipinski definition) is 2. The standard InChI is InChI=1S/C8H8N2/c1-2-7-5-3-4-6-8(7)10-9/h1,3-6,10H,9H2. The van der Waals surface area contributed by atoms with Crippen LogP contribution >= 0.6 is 0 Å². The smallest absolute Gasteiger partial charge is 0.0641 e. The summed E-state index contributed by atoms with van der Waals surface area (Å²) in [6.45, 7) is 0. The summed E-state index contributed by atoms with van der Waals surface area (Å²) < 4.78 is 0. The van der Waals surface area contributed by atoms with Crippen LogP contribution in [0.2, 0.25) is 0 Å². The highest BCUT2D eigenvalue weighted by Crippen LogP contribution is 2.10. The molecule has 0 bridgehead atoms. The maximum atomic E-state index is 5.18. The molecule has 10 heavy (non-hydrogen) atoms. The van der Waals surface area contributed by atoms with Crippen molar-refractivity contribution in [2.45, 2.75) is 0 Å². The summed E-state index contributed by atoms with van der Waals surface area (Å²) in [7, 11) is 0. The van der Waals surface area contributed by atoms with Gasteiger partial charge in [-0.05, 0) is 12.1 Å². The molecule has 0 aliphatic carbocycles. The molecule has 0 unspecified atom stereocenters. The molecular formula is C8H8N2. The van der Waals surface area contributed by atoms with Gasteiger partial charge in [-0.2, -0.15) is 0 Å². The van der Waals surface area contributed by atoms with Crippen LogP contribution in [0, 0.1) is 12.3 Å². The van der Waals surface area contributed by atoms with E-state index in [0.717, 1.165) is 11.3 Å². The van der Waals surface area contributed by atoms with Crippen molar-refractivity contribution in [1.29, 1.82) is 0 Å². The largest absolute Gasteiger partial charge is 0.323 e. The molecule has 2 heteroatoms. The van der Waals surface area contributed by atoms with E-state index in [4.69, 9.17) is 12.3 Å². The molecule has 0 radical (unpaired) electrons. The Morgan fingerprint density at radius 1 is 1.40 bits per heavy atom. The summed E-state index contributed by atoms with van der Waals surface area (Å²) in [5.41, 5.74) is 4.07. The number of benzene rings is 1. The van der Waals surface area contributed by atoms with Crippen molar-refractivity contribution in [3.63, 3.8) is 0 Å². The van der Waals surface area contributed by atoms with Gasteiger partial charge >= 0.3 is 0 Å². The molecule has 0 heterocycles. The first-order chi connectivity index (χ1) is 4.88. The van der Waals surface area contributed by atoms with Crippen molar-refractivity contribution in [3.8, 4) is 12.3 Å². The molecule has 1 aromatic rings. The Morgan fingerprint density at radius 2 is 2.10 bits per heavy atom. The Bertz CT molecular complexity index is 260. The fraction of sp³-hybridized carbons (Fsp3) is 0. The van der Waals surface area contributed by atoms with Gasteiger partial charge in [-0.1, -0.05) is 18.1 Å². The highest BCUT2D eigenvalue weighted by Gasteiger charge is 1.92. The van der Waals surface area contributed by atoms with E-state index in [1.54, 1.807) is 0 Å². The Hall–Kier alpha value is -1.46. The third-order valence-corrected chi connectivity index (χ3v) is 1.24. The number of nitrogen functional groups attached to an aromatic ring is 1. The molecule has 0 saturated carbocycles. The summed E-state index contributed by atoms with van der Waals surface area (Å²) >= 11 is 0. The molecule has 0 fully saturated rings. The van der Waals surface area contributed by atoms with Crippen LogP contribution in [0.4, 0.5) is 5.69 Å². The fourth-order valence-corrected chi connectivity index (χ4v) is 0.735. The number of nitrogens with one attached hydrogen (secondary N) is 1. The Morgan fingerprint density at radius 3 is 2.60 bits per heavy atom. The molecule has 0 atom stereocenters. The zero-order valence-electron chi connectivity index (χ0n) is 5.46. The Balaban J connectivity index is 3.12. The van der Waals surface area contributed by atoms with Gasteiger partial charge < -0.3 is 5.43 Å². The van der Waals surface area contributed by atoms with Crippen molar-refractivity contribution in [2.75, 3.05) is 5.43 Å². The zero-order valence-corrected chi connectivity index (χ0v) is 5.46. The lowest BCUT2D eigenvalue weighted by Crippen LogP contribution is -2.07. The third kappa shape index (κ3) is 1.09. The van der Waals surface area contributed by atoms with Gasteiger partial charge in [0.2, 0.25) is 0 Å². The summed E-state index contributed by atoms with van der Waals surface area (Å²) in [5.74, 6) is 7.68. The molecule has 2 nitrogen and oxygen atoms in total. The van der Waals surface area contributed by atoms with Crippen LogP contribution in [-0.2, 0) is 0 Å². The number of anilines is 1. The van der Waals surface area contributed by atoms with Gasteiger partial charge in [0, 0.05) is 5.56 Å². The van der Waals surface area contributed by atoms with Gasteiger partial charge in [-0.3, -0.25) is 5.84 Å². The molecule has 3 N–H and O–H groups in total. The van der Waals surface area contributed by atoms with E-state index in [2.05, 4.69) is 11.3 Å². The number of nitrogens with two attached hydrogens (primary N) is 1. The van der Waals surface area contributed by atoms with E-state index in [0.29, 0.717) is 0 Å². The van der Waals surface area contributed by atoms with Crippen LogP contribution in [0.15, 0.2) is 24.3 Å². The fourth-order valence-electron chi connectivity index (χ4n) is 0.735. The van der Waals surface area contributed by atoms with Crippen LogP contribution < -0.4 is 11.3 Å². The van der Waals surface area contributed by atoms with Gasteiger partial charge in [-0.15, -0.1) is 6.42 Å². The zero-order chi connectivity index (χ0) is 7.40. The number of terminal acetylenes is 1. The van der Waals surface area contributed by atoms with Gasteiger partial charge in [0.1, 0.15) is 0 Å². The maximum Gasteiger partial charge on any atom is 0.0641 e. The molecule has 1 rings (SSSR count). The second kappa shape index (κ2) is 2.90. The minimum absolute atomic E-state index is 0.782. The first kappa shape index (κ1) is 6.66. The normalized spacial score (nSPS) is 8.40. The second-order valence-corrected chi connectivity index (χ2v) is 1.83. The highest BCUT2D eigenvalue weighted by molar-refractivity contribution is 5.57. The van der Waals surface area contributed by atoms with Crippen molar-refractivity contribution >= 4 is 5.69 Å². The van der Waals surface area contributed by atoms with E-state index >= 15 is 0 Å². The van der Waals surface area contributed by atoms with Crippen LogP contribution in [0.25, 0.3) is 0 Å². The van der Waals surface area contributed by atoms with Crippen LogP contribution in [0.5, 0.6) is 0 Å². The van der Waals surface area contributed by atoms with E-state index in [1.807, 2.05) is 24.3 Å². The first-order valence-electron chi connectivity index (χ1n) is 2.90. The molecule has 50 valence electrons. The topological polar surface area (TPSA) is 38.0 Å². The molecule has 0 aromatic heterocycles. The van der Waals surface area contributed by atoms with Crippen molar-refractivity contribution in [2.24, 2.45) is 5.84 Å². The van der Waals surface area contributed by atoms with Gasteiger partial charge in [0.25, 0.3) is 0 Å². The SMILES string of the molecule is C#Cc1ccccc1NN. The quantitative estimate of drug-likeness (QED) is 0.339. The van der Waals surface area contributed by atoms with E-state index in [1.165, 1.54) is 0 Å². The Kier molecular flexibility index (Phi) is 1.93. The number of para-hydroxylation sites is 1. The summed E-state index contributed by atoms with van der Waals surface area (Å²) in [6.07, 6.45) is 5.18. The van der Waals surface area contributed by atoms with Crippen molar-refractivity contribution < 1.29 is 0 Å². The van der Waals surface area contributed by atoms with Crippen LogP contribution in [0.1, 0.15) is 5.56 Å².